The van der Waals surface area contributed by atoms with Gasteiger partial charge < -0.3 is 14.9 Å². The summed E-state index contributed by atoms with van der Waals surface area (Å²) in [5, 5.41) is 0. The van der Waals surface area contributed by atoms with Crippen LogP contribution in [0.1, 0.15) is 6.42 Å². The van der Waals surface area contributed by atoms with E-state index in [4.69, 9.17) is 0 Å². The smallest absolute Gasteiger partial charge is 0 e. The minimum Gasteiger partial charge on any atom is -0.358 e. The first-order chi connectivity index (χ1) is 2.50. The van der Waals surface area contributed by atoms with E-state index in [2.05, 4.69) is 12.2 Å². The van der Waals surface area contributed by atoms with E-state index in [1.165, 1.54) is 0 Å². The first kappa shape index (κ1) is 39.7. The van der Waals surface area contributed by atoms with Crippen LogP contribution in [0, 0.1) is 20.9 Å². The molecule has 0 fully saturated rings. The summed E-state index contributed by atoms with van der Waals surface area (Å²) in [6.07, 6.45) is 10.0. The van der Waals surface area contributed by atoms with Crippen LogP contribution in [0.5, 0.6) is 0 Å². The Balaban J connectivity index is -0.0000000104. The van der Waals surface area contributed by atoms with Crippen molar-refractivity contribution in [2.24, 2.45) is 0 Å². The second kappa shape index (κ2) is 30.2. The fourth-order valence-electron chi connectivity index (χ4n) is 0.340. The van der Waals surface area contributed by atoms with Gasteiger partial charge in [0.2, 0.25) is 0 Å². The van der Waals surface area contributed by atoms with Gasteiger partial charge in [0.25, 0.3) is 0 Å². The minimum atomic E-state index is 0. The third-order valence-corrected chi connectivity index (χ3v) is 0.586. The Morgan fingerprint density at radius 1 is 1.09 bits per heavy atom. The molecule has 0 aromatic rings. The van der Waals surface area contributed by atoms with Gasteiger partial charge in [0.1, 0.15) is 0 Å². The van der Waals surface area contributed by atoms with Crippen molar-refractivity contribution >= 4 is 38.9 Å². The van der Waals surface area contributed by atoms with E-state index in [9.17, 15) is 0 Å². The molecule has 0 saturated carbocycles. The zero-order valence-corrected chi connectivity index (χ0v) is 17.2. The predicted molar refractivity (Wildman–Crippen MR) is 64.6 cm³/mol. The molecule has 1 rings (SSSR count). The van der Waals surface area contributed by atoms with Crippen molar-refractivity contribution in [1.29, 1.82) is 0 Å². The zero-order valence-electron chi connectivity index (χ0n) is 7.85. The molecule has 0 heterocycles. The van der Waals surface area contributed by atoms with Crippen molar-refractivity contribution in [2.75, 3.05) is 0 Å². The summed E-state index contributed by atoms with van der Waals surface area (Å²) in [6, 6.07) is 0. The van der Waals surface area contributed by atoms with Crippen LogP contribution in [0.25, 0.3) is 0 Å². The normalized spacial score (nSPS) is 8.00. The quantitative estimate of drug-likeness (QED) is 0.396. The Bertz CT molecular complexity index is 74.5. The number of hydrogen-bond acceptors (Lipinski definition) is 0. The molecular formula is C7H18BrHfSi2-3. The van der Waals surface area contributed by atoms with Crippen molar-refractivity contribution in [2.45, 2.75) is 6.42 Å². The van der Waals surface area contributed by atoms with Crippen molar-refractivity contribution in [3.8, 4) is 0 Å². The third kappa shape index (κ3) is 24.6. The number of allylic oxidation sites excluding steroid dienone is 4. The van der Waals surface area contributed by atoms with E-state index in [0.29, 0.717) is 0 Å². The van der Waals surface area contributed by atoms with Gasteiger partial charge in [-0.2, -0.15) is 6.08 Å². The molecule has 0 atom stereocenters. The van der Waals surface area contributed by atoms with E-state index in [0.717, 1.165) is 6.42 Å². The maximum atomic E-state index is 2.99. The monoisotopic (exact) mass is 417 g/mol. The molecule has 0 N–H and O–H groups in total. The molecule has 11 heavy (non-hydrogen) atoms. The summed E-state index contributed by atoms with van der Waals surface area (Å²) >= 11 is 0. The van der Waals surface area contributed by atoms with Gasteiger partial charge in [-0.3, -0.25) is 6.08 Å². The molecule has 0 unspecified atom stereocenters. The van der Waals surface area contributed by atoms with Gasteiger partial charge in [0, 0.05) is 25.8 Å². The van der Waals surface area contributed by atoms with Gasteiger partial charge in [0.05, 0.1) is 0 Å². The maximum absolute atomic E-state index is 2.99. The predicted octanol–water partition coefficient (Wildman–Crippen LogP) is 0.414. The molecular weight excluding hydrogens is 399 g/mol. The van der Waals surface area contributed by atoms with Crippen molar-refractivity contribution in [3.63, 3.8) is 0 Å². The Kier molecular flexibility index (Phi) is 109. The van der Waals surface area contributed by atoms with E-state index < -0.39 is 0 Å². The first-order valence-corrected chi connectivity index (χ1v) is 1.72. The first-order valence-electron chi connectivity index (χ1n) is 1.72. The van der Waals surface area contributed by atoms with Crippen molar-refractivity contribution < 1.29 is 25.8 Å². The molecule has 2 radical (unpaired) electrons. The van der Waals surface area contributed by atoms with Crippen LogP contribution in [0.15, 0.2) is 18.2 Å². The summed E-state index contributed by atoms with van der Waals surface area (Å²) in [6.45, 7) is 0. The molecule has 0 nitrogen and oxygen atoms in total. The SMILES string of the molecule is Br.[C-]1=CC=CC1.[CH3-].[CH3-].[Hf].[SiH3].[SiH3]. The molecule has 0 aromatic carbocycles. The van der Waals surface area contributed by atoms with Crippen molar-refractivity contribution in [1.82, 2.24) is 0 Å². The Morgan fingerprint density at radius 2 is 1.55 bits per heavy atom. The van der Waals surface area contributed by atoms with Crippen LogP contribution in [0.4, 0.5) is 0 Å². The molecule has 0 saturated heterocycles. The van der Waals surface area contributed by atoms with Crippen LogP contribution in [0.3, 0.4) is 0 Å². The number of halogens is 1. The average molecular weight is 417 g/mol. The minimum absolute atomic E-state index is 0. The standard InChI is InChI=1S/C5H5.2CH3.BrH.Hf.2H3Si/c1-2-4-5-3-1;;;;;;/h1-3H,4H2;2*1H3;1H;;2*1H3/q3*-1;;;;. The third-order valence-electron chi connectivity index (χ3n) is 0.586. The molecule has 0 bridgehead atoms. The molecule has 1 aliphatic carbocycles. The Labute approximate surface area is 110 Å². The van der Waals surface area contributed by atoms with Crippen LogP contribution < -0.4 is 0 Å². The Hall–Kier alpha value is 1.26. The largest absolute Gasteiger partial charge is 0.358 e. The molecule has 0 amide bonds. The van der Waals surface area contributed by atoms with E-state index in [-0.39, 0.29) is 79.6 Å². The molecule has 68 valence electrons. The summed E-state index contributed by atoms with van der Waals surface area (Å²) in [7, 11) is 0. The van der Waals surface area contributed by atoms with Crippen LogP contribution >= 0.6 is 17.0 Å². The van der Waals surface area contributed by atoms with Crippen LogP contribution in [-0.4, -0.2) is 21.9 Å². The number of hydrogen-bond donors (Lipinski definition) is 0. The van der Waals surface area contributed by atoms with E-state index >= 15 is 0 Å². The van der Waals surface area contributed by atoms with Gasteiger partial charge in [0.15, 0.2) is 0 Å². The maximum Gasteiger partial charge on any atom is 0 e. The number of rotatable bonds is 0. The summed E-state index contributed by atoms with van der Waals surface area (Å²) in [5.74, 6) is 0. The zero-order chi connectivity index (χ0) is 3.54. The van der Waals surface area contributed by atoms with Gasteiger partial charge >= 0.3 is 0 Å². The summed E-state index contributed by atoms with van der Waals surface area (Å²) in [4.78, 5) is 0. The van der Waals surface area contributed by atoms with Gasteiger partial charge in [-0.05, 0) is 21.9 Å². The molecule has 0 spiro atoms. The summed E-state index contributed by atoms with van der Waals surface area (Å²) < 4.78 is 0. The van der Waals surface area contributed by atoms with Gasteiger partial charge in [-0.15, -0.1) is 23.4 Å². The molecule has 0 aliphatic heterocycles. The molecule has 0 aromatic heterocycles. The average Bonchev–Trinajstić information content (AvgIpc) is 1.76. The second-order valence-corrected chi connectivity index (χ2v) is 1.00. The summed E-state index contributed by atoms with van der Waals surface area (Å²) in [5.41, 5.74) is 0. The molecule has 1 aliphatic rings. The van der Waals surface area contributed by atoms with E-state index in [1.54, 1.807) is 0 Å². The van der Waals surface area contributed by atoms with Gasteiger partial charge in [-0.1, -0.05) is 0 Å². The fourth-order valence-corrected chi connectivity index (χ4v) is 0.340. The van der Waals surface area contributed by atoms with E-state index in [1.807, 2.05) is 12.2 Å². The Morgan fingerprint density at radius 3 is 1.64 bits per heavy atom. The molecule has 4 heteroatoms. The topological polar surface area (TPSA) is 0 Å². The van der Waals surface area contributed by atoms with Crippen LogP contribution in [0.2, 0.25) is 0 Å². The van der Waals surface area contributed by atoms with Gasteiger partial charge in [-0.25, -0.2) is 12.2 Å². The van der Waals surface area contributed by atoms with Crippen LogP contribution in [-0.2, 0) is 25.8 Å². The second-order valence-electron chi connectivity index (χ2n) is 1.00. The van der Waals surface area contributed by atoms with Crippen molar-refractivity contribution in [3.05, 3.63) is 39.2 Å². The fraction of sp³-hybridized carbons (Fsp3) is 0.143.